The van der Waals surface area contributed by atoms with Crippen LogP contribution in [0.4, 0.5) is 0 Å². The van der Waals surface area contributed by atoms with Crippen molar-refractivity contribution in [1.82, 2.24) is 15.0 Å². The molecule has 0 unspecified atom stereocenters. The molecule has 0 radical (unpaired) electrons. The van der Waals surface area contributed by atoms with Gasteiger partial charge in [-0.15, -0.1) is 0 Å². The van der Waals surface area contributed by atoms with E-state index in [1.165, 1.54) is 37.9 Å². The van der Waals surface area contributed by atoms with Gasteiger partial charge in [0.1, 0.15) is 0 Å². The van der Waals surface area contributed by atoms with Crippen molar-refractivity contribution in [2.45, 2.75) is 32.7 Å². The van der Waals surface area contributed by atoms with E-state index in [2.05, 4.69) is 39.3 Å². The molecule has 1 saturated heterocycles. The second-order valence-electron chi connectivity index (χ2n) is 5.17. The van der Waals surface area contributed by atoms with Gasteiger partial charge in [-0.1, -0.05) is 35.8 Å². The summed E-state index contributed by atoms with van der Waals surface area (Å²) < 4.78 is 5.00. The molecule has 4 nitrogen and oxygen atoms in total. The van der Waals surface area contributed by atoms with E-state index in [9.17, 15) is 0 Å². The molecule has 1 aliphatic rings. The van der Waals surface area contributed by atoms with Gasteiger partial charge in [-0.25, -0.2) is 0 Å². The maximum absolute atomic E-state index is 5.00. The van der Waals surface area contributed by atoms with Crippen LogP contribution in [-0.4, -0.2) is 28.1 Å². The van der Waals surface area contributed by atoms with Crippen molar-refractivity contribution in [3.8, 4) is 11.4 Å². The van der Waals surface area contributed by atoms with Crippen LogP contribution >= 0.6 is 0 Å². The lowest BCUT2D eigenvalue weighted by Gasteiger charge is -2.26. The van der Waals surface area contributed by atoms with Crippen LogP contribution in [0.5, 0.6) is 0 Å². The number of aromatic nitrogens is 2. The molecule has 2 heterocycles. The second-order valence-corrected chi connectivity index (χ2v) is 5.17. The fourth-order valence-electron chi connectivity index (χ4n) is 2.55. The van der Waals surface area contributed by atoms with Crippen molar-refractivity contribution in [3.05, 3.63) is 35.7 Å². The predicted molar refractivity (Wildman–Crippen MR) is 73.6 cm³/mol. The summed E-state index contributed by atoms with van der Waals surface area (Å²) in [6.07, 6.45) is 4.05. The molecule has 19 heavy (non-hydrogen) atoms. The third-order valence-electron chi connectivity index (χ3n) is 3.59. The molecular weight excluding hydrogens is 238 g/mol. The van der Waals surface area contributed by atoms with Gasteiger partial charge in [-0.05, 0) is 31.5 Å². The van der Waals surface area contributed by atoms with Gasteiger partial charge in [-0.2, -0.15) is 4.98 Å². The average Bonchev–Trinajstić information content (AvgIpc) is 2.87. The lowest BCUT2D eigenvalue weighted by atomic mass is 10.1. The van der Waals surface area contributed by atoms with Gasteiger partial charge in [0.2, 0.25) is 11.7 Å². The number of benzene rings is 1. The molecule has 0 saturated carbocycles. The molecule has 0 aliphatic carbocycles. The number of hydrogen-bond acceptors (Lipinski definition) is 4. The first kappa shape index (κ1) is 12.4. The lowest BCUT2D eigenvalue weighted by molar-refractivity contribution is 0.221. The Balaban J connectivity index is 1.68. The van der Waals surface area contributed by atoms with Crippen LogP contribution in [0, 0.1) is 6.92 Å². The molecule has 1 aliphatic heterocycles. The summed E-state index contributed by atoms with van der Waals surface area (Å²) in [4.78, 5) is 6.76. The highest BCUT2D eigenvalue weighted by molar-refractivity contribution is 5.54. The van der Waals surface area contributed by atoms with Gasteiger partial charge in [0.05, 0.1) is 0 Å². The van der Waals surface area contributed by atoms with Crippen LogP contribution in [0.2, 0.25) is 0 Å². The monoisotopic (exact) mass is 257 g/mol. The van der Waals surface area contributed by atoms with Crippen LogP contribution in [-0.2, 0) is 6.54 Å². The van der Waals surface area contributed by atoms with E-state index in [-0.39, 0.29) is 0 Å². The zero-order chi connectivity index (χ0) is 13.1. The quantitative estimate of drug-likeness (QED) is 0.847. The Hall–Kier alpha value is -1.68. The first-order valence-electron chi connectivity index (χ1n) is 6.93. The molecule has 100 valence electrons. The molecule has 0 atom stereocenters. The van der Waals surface area contributed by atoms with Gasteiger partial charge in [0.25, 0.3) is 0 Å². The minimum absolute atomic E-state index is 0.604. The predicted octanol–water partition coefficient (Wildman–Crippen LogP) is 3.03. The zero-order valence-electron chi connectivity index (χ0n) is 11.3. The molecule has 4 heteroatoms. The highest BCUT2D eigenvalue weighted by Gasteiger charge is 2.11. The van der Waals surface area contributed by atoms with E-state index in [1.807, 2.05) is 0 Å². The Morgan fingerprint density at radius 1 is 1.11 bits per heavy atom. The van der Waals surface area contributed by atoms with Crippen molar-refractivity contribution in [2.75, 3.05) is 13.1 Å². The third kappa shape index (κ3) is 3.01. The minimum Gasteiger partial charge on any atom is -0.339 e. The van der Waals surface area contributed by atoms with Crippen molar-refractivity contribution in [1.29, 1.82) is 0 Å². The highest BCUT2D eigenvalue weighted by Crippen LogP contribution is 2.18. The van der Waals surface area contributed by atoms with Crippen molar-refractivity contribution in [2.24, 2.45) is 0 Å². The van der Waals surface area contributed by atoms with Gasteiger partial charge < -0.3 is 4.52 Å². The maximum Gasteiger partial charge on any atom is 0.223 e. The summed E-state index contributed by atoms with van der Waals surface area (Å²) in [6.45, 7) is 5.31. The molecule has 3 rings (SSSR count). The van der Waals surface area contributed by atoms with Crippen LogP contribution in [0.3, 0.4) is 0 Å². The Bertz CT molecular complexity index is 527. The lowest BCUT2D eigenvalue weighted by Crippen LogP contribution is -2.28. The van der Waals surface area contributed by atoms with Crippen molar-refractivity contribution >= 4 is 0 Å². The van der Waals surface area contributed by atoms with E-state index in [1.54, 1.807) is 6.92 Å². The Morgan fingerprint density at radius 3 is 2.47 bits per heavy atom. The maximum atomic E-state index is 5.00. The first-order valence-corrected chi connectivity index (χ1v) is 6.93. The molecule has 1 fully saturated rings. The Labute approximate surface area is 113 Å². The molecule has 1 aromatic carbocycles. The van der Waals surface area contributed by atoms with E-state index in [0.29, 0.717) is 11.7 Å². The van der Waals surface area contributed by atoms with Crippen LogP contribution in [0.25, 0.3) is 11.4 Å². The van der Waals surface area contributed by atoms with Crippen molar-refractivity contribution in [3.63, 3.8) is 0 Å². The average molecular weight is 257 g/mol. The Kier molecular flexibility index (Phi) is 3.60. The van der Waals surface area contributed by atoms with Gasteiger partial charge >= 0.3 is 0 Å². The minimum atomic E-state index is 0.604. The number of rotatable bonds is 3. The molecular formula is C15H19N3O. The molecule has 2 aromatic rings. The van der Waals surface area contributed by atoms with Crippen molar-refractivity contribution < 1.29 is 4.52 Å². The summed E-state index contributed by atoms with van der Waals surface area (Å²) in [6, 6.07) is 8.47. The van der Waals surface area contributed by atoms with Gasteiger partial charge in [0.15, 0.2) is 0 Å². The van der Waals surface area contributed by atoms with E-state index >= 15 is 0 Å². The third-order valence-corrected chi connectivity index (χ3v) is 3.59. The zero-order valence-corrected chi connectivity index (χ0v) is 11.3. The molecule has 0 spiro atoms. The topological polar surface area (TPSA) is 42.2 Å². The summed E-state index contributed by atoms with van der Waals surface area (Å²) in [7, 11) is 0. The fourth-order valence-corrected chi connectivity index (χ4v) is 2.55. The second kappa shape index (κ2) is 5.53. The Morgan fingerprint density at radius 2 is 1.84 bits per heavy atom. The highest BCUT2D eigenvalue weighted by atomic mass is 16.5. The SMILES string of the molecule is Cc1nc(-c2ccc(CN3CCCCC3)cc2)no1. The first-order chi connectivity index (χ1) is 9.31. The van der Waals surface area contributed by atoms with Crippen LogP contribution < -0.4 is 0 Å². The summed E-state index contributed by atoms with van der Waals surface area (Å²) in [5, 5.41) is 3.93. The number of piperidine rings is 1. The summed E-state index contributed by atoms with van der Waals surface area (Å²) in [5.41, 5.74) is 2.37. The van der Waals surface area contributed by atoms with E-state index in [4.69, 9.17) is 4.52 Å². The number of aryl methyl sites for hydroxylation is 1. The van der Waals surface area contributed by atoms with E-state index < -0.39 is 0 Å². The molecule has 0 bridgehead atoms. The number of likely N-dealkylation sites (tertiary alicyclic amines) is 1. The smallest absolute Gasteiger partial charge is 0.223 e. The summed E-state index contributed by atoms with van der Waals surface area (Å²) >= 11 is 0. The summed E-state index contributed by atoms with van der Waals surface area (Å²) in [5.74, 6) is 1.27. The normalized spacial score (nSPS) is 16.7. The molecule has 0 N–H and O–H groups in total. The molecule has 0 amide bonds. The van der Waals surface area contributed by atoms with Gasteiger partial charge in [-0.3, -0.25) is 4.90 Å². The van der Waals surface area contributed by atoms with Crippen LogP contribution in [0.1, 0.15) is 30.7 Å². The largest absolute Gasteiger partial charge is 0.339 e. The van der Waals surface area contributed by atoms with E-state index in [0.717, 1.165) is 12.1 Å². The standard InChI is InChI=1S/C15H19N3O/c1-12-16-15(17-19-12)14-7-5-13(6-8-14)11-18-9-3-2-4-10-18/h5-8H,2-4,9-11H2,1H3. The number of hydrogen-bond donors (Lipinski definition) is 0. The fraction of sp³-hybridized carbons (Fsp3) is 0.467. The van der Waals surface area contributed by atoms with Gasteiger partial charge in [0, 0.05) is 19.0 Å². The van der Waals surface area contributed by atoms with Crippen LogP contribution in [0.15, 0.2) is 28.8 Å². The molecule has 1 aromatic heterocycles. The number of nitrogens with zero attached hydrogens (tertiary/aromatic N) is 3.